The van der Waals surface area contributed by atoms with Crippen molar-refractivity contribution in [2.75, 3.05) is 0 Å². The van der Waals surface area contributed by atoms with E-state index in [9.17, 15) is 4.79 Å². The number of aldehydes is 1. The van der Waals surface area contributed by atoms with Crippen molar-refractivity contribution in [1.29, 1.82) is 0 Å². The molecule has 1 aliphatic rings. The van der Waals surface area contributed by atoms with Crippen molar-refractivity contribution in [1.82, 2.24) is 0 Å². The summed E-state index contributed by atoms with van der Waals surface area (Å²) >= 11 is 6.15. The zero-order valence-corrected chi connectivity index (χ0v) is 8.97. The molecular formula is C12H13ClO. The van der Waals surface area contributed by atoms with Gasteiger partial charge in [0.05, 0.1) is 0 Å². The average molecular weight is 209 g/mol. The van der Waals surface area contributed by atoms with E-state index in [4.69, 9.17) is 11.6 Å². The highest BCUT2D eigenvalue weighted by Gasteiger charge is 2.21. The van der Waals surface area contributed by atoms with Crippen molar-refractivity contribution < 1.29 is 4.79 Å². The normalized spacial score (nSPS) is 20.3. The number of fused-ring (bicyclic) bond motifs is 1. The Bertz CT molecular complexity index is 371. The highest BCUT2D eigenvalue weighted by Crippen LogP contribution is 2.35. The van der Waals surface area contributed by atoms with E-state index in [1.54, 1.807) is 0 Å². The minimum absolute atomic E-state index is 0.0659. The smallest absolute Gasteiger partial charge is 0.127 e. The van der Waals surface area contributed by atoms with E-state index in [2.05, 4.69) is 6.07 Å². The molecule has 0 bridgehead atoms. The van der Waals surface area contributed by atoms with Gasteiger partial charge in [0.25, 0.3) is 0 Å². The number of benzene rings is 1. The highest BCUT2D eigenvalue weighted by molar-refractivity contribution is 6.31. The molecule has 1 aromatic rings. The molecule has 0 N–H and O–H groups in total. The van der Waals surface area contributed by atoms with Crippen molar-refractivity contribution in [2.24, 2.45) is 0 Å². The number of aryl methyl sites for hydroxylation is 1. The van der Waals surface area contributed by atoms with Crippen LogP contribution in [-0.4, -0.2) is 6.29 Å². The van der Waals surface area contributed by atoms with Gasteiger partial charge in [0.15, 0.2) is 0 Å². The topological polar surface area (TPSA) is 17.1 Å². The molecule has 1 aliphatic carbocycles. The van der Waals surface area contributed by atoms with Gasteiger partial charge < -0.3 is 4.79 Å². The van der Waals surface area contributed by atoms with Crippen LogP contribution in [0.4, 0.5) is 0 Å². The average Bonchev–Trinajstić information content (AvgIpc) is 2.17. The number of halogens is 1. The summed E-state index contributed by atoms with van der Waals surface area (Å²) in [7, 11) is 0. The quantitative estimate of drug-likeness (QED) is 0.648. The maximum absolute atomic E-state index is 10.9. The zero-order valence-electron chi connectivity index (χ0n) is 8.22. The van der Waals surface area contributed by atoms with Crippen molar-refractivity contribution in [3.63, 3.8) is 0 Å². The maximum atomic E-state index is 10.9. The fourth-order valence-electron chi connectivity index (χ4n) is 2.19. The van der Waals surface area contributed by atoms with E-state index in [0.717, 1.165) is 41.7 Å². The summed E-state index contributed by atoms with van der Waals surface area (Å²) < 4.78 is 0. The molecule has 2 heteroatoms. The Kier molecular flexibility index (Phi) is 2.60. The van der Waals surface area contributed by atoms with E-state index in [0.29, 0.717) is 0 Å². The first-order valence-corrected chi connectivity index (χ1v) is 5.34. The molecule has 0 heterocycles. The molecule has 0 spiro atoms. The van der Waals surface area contributed by atoms with Crippen molar-refractivity contribution >= 4 is 17.9 Å². The molecule has 2 rings (SSSR count). The Morgan fingerprint density at radius 1 is 1.50 bits per heavy atom. The highest BCUT2D eigenvalue weighted by atomic mass is 35.5. The van der Waals surface area contributed by atoms with Crippen molar-refractivity contribution in [2.45, 2.75) is 32.1 Å². The predicted octanol–water partition coefficient (Wildman–Crippen LogP) is 3.27. The summed E-state index contributed by atoms with van der Waals surface area (Å²) in [5, 5.41) is 0.826. The summed E-state index contributed by atoms with van der Waals surface area (Å²) in [5.41, 5.74) is 3.47. The Labute approximate surface area is 89.1 Å². The first-order chi connectivity index (χ1) is 6.72. The summed E-state index contributed by atoms with van der Waals surface area (Å²) in [6.45, 7) is 2.02. The maximum Gasteiger partial charge on any atom is 0.127 e. The molecule has 0 saturated carbocycles. The van der Waals surface area contributed by atoms with Gasteiger partial charge in [-0.05, 0) is 48.9 Å². The van der Waals surface area contributed by atoms with Gasteiger partial charge in [0.1, 0.15) is 6.29 Å². The lowest BCUT2D eigenvalue weighted by Gasteiger charge is -2.22. The summed E-state index contributed by atoms with van der Waals surface area (Å²) in [4.78, 5) is 10.9. The van der Waals surface area contributed by atoms with Gasteiger partial charge in [-0.1, -0.05) is 17.7 Å². The van der Waals surface area contributed by atoms with Crippen molar-refractivity contribution in [3.05, 3.63) is 33.8 Å². The number of carbonyl (C=O) groups excluding carboxylic acids is 1. The largest absolute Gasteiger partial charge is 0.303 e. The minimum atomic E-state index is 0.0659. The number of hydrogen-bond acceptors (Lipinski definition) is 1. The van der Waals surface area contributed by atoms with Gasteiger partial charge in [0, 0.05) is 10.9 Å². The van der Waals surface area contributed by atoms with Gasteiger partial charge >= 0.3 is 0 Å². The van der Waals surface area contributed by atoms with Gasteiger partial charge in [-0.2, -0.15) is 0 Å². The molecule has 1 nitrogen and oxygen atoms in total. The molecule has 0 aromatic heterocycles. The molecule has 0 fully saturated rings. The van der Waals surface area contributed by atoms with Crippen LogP contribution < -0.4 is 0 Å². The Morgan fingerprint density at radius 2 is 2.29 bits per heavy atom. The molecule has 0 radical (unpaired) electrons. The molecule has 1 unspecified atom stereocenters. The van der Waals surface area contributed by atoms with E-state index < -0.39 is 0 Å². The zero-order chi connectivity index (χ0) is 10.1. The lowest BCUT2D eigenvalue weighted by molar-refractivity contribution is -0.109. The standard InChI is InChI=1S/C12H13ClO/c1-8-5-11-9(7-14)3-2-4-10(11)12(13)6-8/h5-7,9H,2-4H2,1H3. The second-order valence-electron chi connectivity index (χ2n) is 3.95. The van der Waals surface area contributed by atoms with Crippen LogP contribution in [0.25, 0.3) is 0 Å². The van der Waals surface area contributed by atoms with Crippen LogP contribution in [0.1, 0.15) is 35.4 Å². The molecular weight excluding hydrogens is 196 g/mol. The second kappa shape index (κ2) is 3.74. The molecule has 74 valence electrons. The number of carbonyl (C=O) groups is 1. The Balaban J connectivity index is 2.56. The van der Waals surface area contributed by atoms with Crippen LogP contribution in [0.3, 0.4) is 0 Å². The van der Waals surface area contributed by atoms with Gasteiger partial charge in [-0.15, -0.1) is 0 Å². The van der Waals surface area contributed by atoms with Gasteiger partial charge in [-0.25, -0.2) is 0 Å². The third kappa shape index (κ3) is 1.57. The van der Waals surface area contributed by atoms with Crippen LogP contribution in [0, 0.1) is 6.92 Å². The lowest BCUT2D eigenvalue weighted by Crippen LogP contribution is -2.11. The monoisotopic (exact) mass is 208 g/mol. The van der Waals surface area contributed by atoms with Crippen LogP contribution in [0.15, 0.2) is 12.1 Å². The lowest BCUT2D eigenvalue weighted by atomic mass is 9.83. The SMILES string of the molecule is Cc1cc(Cl)c2c(c1)C(C=O)CCC2. The van der Waals surface area contributed by atoms with E-state index >= 15 is 0 Å². The predicted molar refractivity (Wildman–Crippen MR) is 57.9 cm³/mol. The fraction of sp³-hybridized carbons (Fsp3) is 0.417. The van der Waals surface area contributed by atoms with Gasteiger partial charge in [0.2, 0.25) is 0 Å². The van der Waals surface area contributed by atoms with Crippen LogP contribution in [0.2, 0.25) is 5.02 Å². The first-order valence-electron chi connectivity index (χ1n) is 4.96. The molecule has 1 atom stereocenters. The summed E-state index contributed by atoms with van der Waals surface area (Å²) in [5.74, 6) is 0.0659. The minimum Gasteiger partial charge on any atom is -0.303 e. The Morgan fingerprint density at radius 3 is 3.00 bits per heavy atom. The molecule has 0 saturated heterocycles. The van der Waals surface area contributed by atoms with E-state index in [1.807, 2.05) is 13.0 Å². The second-order valence-corrected chi connectivity index (χ2v) is 4.36. The van der Waals surface area contributed by atoms with Gasteiger partial charge in [-0.3, -0.25) is 0 Å². The molecule has 0 aliphatic heterocycles. The molecule has 14 heavy (non-hydrogen) atoms. The summed E-state index contributed by atoms with van der Waals surface area (Å²) in [6, 6.07) is 4.08. The fourth-order valence-corrected chi connectivity index (χ4v) is 2.56. The molecule has 1 aromatic carbocycles. The Hall–Kier alpha value is -0.820. The van der Waals surface area contributed by atoms with E-state index in [1.165, 1.54) is 5.56 Å². The number of rotatable bonds is 1. The van der Waals surface area contributed by atoms with Crippen molar-refractivity contribution in [3.8, 4) is 0 Å². The van der Waals surface area contributed by atoms with Crippen LogP contribution in [-0.2, 0) is 11.2 Å². The van der Waals surface area contributed by atoms with E-state index in [-0.39, 0.29) is 5.92 Å². The molecule has 0 amide bonds. The first kappa shape index (κ1) is 9.72. The summed E-state index contributed by atoms with van der Waals surface area (Å²) in [6.07, 6.45) is 4.10. The van der Waals surface area contributed by atoms with Crippen LogP contribution >= 0.6 is 11.6 Å². The third-order valence-corrected chi connectivity index (χ3v) is 3.22. The number of hydrogen-bond donors (Lipinski definition) is 0. The third-order valence-electron chi connectivity index (χ3n) is 2.88. The van der Waals surface area contributed by atoms with Crippen LogP contribution in [0.5, 0.6) is 0 Å².